The summed E-state index contributed by atoms with van der Waals surface area (Å²) < 4.78 is 0. The second kappa shape index (κ2) is 7.94. The number of halogens is 1. The molecule has 2 rings (SSSR count). The van der Waals surface area contributed by atoms with E-state index in [1.165, 1.54) is 16.6 Å². The molecule has 0 saturated heterocycles. The minimum atomic E-state index is 0. The van der Waals surface area contributed by atoms with E-state index < -0.39 is 0 Å². The highest BCUT2D eigenvalue weighted by Crippen LogP contribution is 2.14. The standard InChI is InChI=1S/C15H20N4.HI/c1-11(2)10-18-15(16)17-8-7-13-9-12-5-3-4-6-14(12)19-13;/h3-6,9,19H,1,7-8,10H2,2H3,(H3,16,17,18);1H. The SMILES string of the molecule is C=C(C)CN=C(N)NCCc1cc2ccccc2[nH]1.I. The van der Waals surface area contributed by atoms with E-state index in [1.54, 1.807) is 0 Å². The number of hydrogen-bond acceptors (Lipinski definition) is 1. The van der Waals surface area contributed by atoms with Crippen LogP contribution < -0.4 is 11.1 Å². The second-order valence-electron chi connectivity index (χ2n) is 4.72. The predicted octanol–water partition coefficient (Wildman–Crippen LogP) is 2.81. The van der Waals surface area contributed by atoms with Crippen LogP contribution in [0.15, 0.2) is 47.5 Å². The van der Waals surface area contributed by atoms with Gasteiger partial charge in [0, 0.05) is 24.2 Å². The maximum atomic E-state index is 5.75. The second-order valence-corrected chi connectivity index (χ2v) is 4.72. The van der Waals surface area contributed by atoms with Crippen LogP contribution in [0.25, 0.3) is 10.9 Å². The molecule has 108 valence electrons. The molecule has 0 spiro atoms. The molecule has 0 fully saturated rings. The van der Waals surface area contributed by atoms with Crippen LogP contribution in [0.3, 0.4) is 0 Å². The quantitative estimate of drug-likeness (QED) is 0.321. The Morgan fingerprint density at radius 3 is 2.85 bits per heavy atom. The molecule has 0 atom stereocenters. The number of aromatic nitrogens is 1. The van der Waals surface area contributed by atoms with Crippen molar-refractivity contribution in [1.82, 2.24) is 10.3 Å². The predicted molar refractivity (Wildman–Crippen MR) is 96.7 cm³/mol. The van der Waals surface area contributed by atoms with Gasteiger partial charge in [-0.25, -0.2) is 4.99 Å². The zero-order valence-electron chi connectivity index (χ0n) is 11.6. The van der Waals surface area contributed by atoms with Gasteiger partial charge in [-0.2, -0.15) is 0 Å². The monoisotopic (exact) mass is 384 g/mol. The van der Waals surface area contributed by atoms with Crippen LogP contribution in [0, 0.1) is 0 Å². The number of nitrogens with one attached hydrogen (secondary N) is 2. The van der Waals surface area contributed by atoms with Crippen LogP contribution >= 0.6 is 24.0 Å². The number of aliphatic imine (C=N–C) groups is 1. The van der Waals surface area contributed by atoms with E-state index in [0.717, 1.165) is 18.5 Å². The highest BCUT2D eigenvalue weighted by Gasteiger charge is 2.00. The Balaban J connectivity index is 0.00000200. The first kappa shape index (κ1) is 16.6. The molecule has 2 aromatic rings. The first-order valence-electron chi connectivity index (χ1n) is 6.40. The summed E-state index contributed by atoms with van der Waals surface area (Å²) in [6, 6.07) is 10.4. The number of guanidine groups is 1. The van der Waals surface area contributed by atoms with Gasteiger partial charge < -0.3 is 16.0 Å². The number of aromatic amines is 1. The lowest BCUT2D eigenvalue weighted by atomic mass is 10.2. The molecule has 4 N–H and O–H groups in total. The van der Waals surface area contributed by atoms with Crippen LogP contribution in [0.5, 0.6) is 0 Å². The lowest BCUT2D eigenvalue weighted by molar-refractivity contribution is 0.838. The average molecular weight is 384 g/mol. The van der Waals surface area contributed by atoms with Gasteiger partial charge in [-0.1, -0.05) is 30.4 Å². The van der Waals surface area contributed by atoms with Gasteiger partial charge in [0.1, 0.15) is 0 Å². The zero-order valence-corrected chi connectivity index (χ0v) is 14.0. The normalized spacial score (nSPS) is 11.2. The van der Waals surface area contributed by atoms with E-state index in [2.05, 4.69) is 40.1 Å². The van der Waals surface area contributed by atoms with Gasteiger partial charge in [-0.05, 0) is 24.4 Å². The van der Waals surface area contributed by atoms with Gasteiger partial charge in [0.15, 0.2) is 5.96 Å². The molecule has 1 aromatic carbocycles. The Morgan fingerprint density at radius 1 is 1.40 bits per heavy atom. The van der Waals surface area contributed by atoms with E-state index in [1.807, 2.05) is 19.1 Å². The van der Waals surface area contributed by atoms with Gasteiger partial charge in [-0.15, -0.1) is 24.0 Å². The summed E-state index contributed by atoms with van der Waals surface area (Å²) in [5.41, 5.74) is 9.11. The first-order chi connectivity index (χ1) is 9.15. The molecule has 0 saturated carbocycles. The molecule has 0 bridgehead atoms. The van der Waals surface area contributed by atoms with Gasteiger partial charge in [0.25, 0.3) is 0 Å². The molecule has 0 aliphatic rings. The van der Waals surface area contributed by atoms with Crippen molar-refractivity contribution < 1.29 is 0 Å². The number of hydrogen-bond donors (Lipinski definition) is 3. The van der Waals surface area contributed by atoms with Crippen molar-refractivity contribution in [1.29, 1.82) is 0 Å². The smallest absolute Gasteiger partial charge is 0.188 e. The molecule has 4 nitrogen and oxygen atoms in total. The van der Waals surface area contributed by atoms with Gasteiger partial charge in [-0.3, -0.25) is 0 Å². The summed E-state index contributed by atoms with van der Waals surface area (Å²) in [6.07, 6.45) is 0.887. The molecule has 0 radical (unpaired) electrons. The summed E-state index contributed by atoms with van der Waals surface area (Å²) in [5, 5.41) is 4.33. The average Bonchev–Trinajstić information content (AvgIpc) is 2.79. The highest BCUT2D eigenvalue weighted by molar-refractivity contribution is 14.0. The fourth-order valence-electron chi connectivity index (χ4n) is 1.87. The van der Waals surface area contributed by atoms with E-state index in [4.69, 9.17) is 5.73 Å². The third-order valence-corrected chi connectivity index (χ3v) is 2.81. The molecule has 0 aliphatic carbocycles. The molecule has 0 amide bonds. The molecule has 5 heteroatoms. The van der Waals surface area contributed by atoms with Gasteiger partial charge in [0.05, 0.1) is 6.54 Å². The number of H-pyrrole nitrogens is 1. The molecular weight excluding hydrogens is 363 g/mol. The third-order valence-electron chi connectivity index (χ3n) is 2.81. The Morgan fingerprint density at radius 2 is 2.15 bits per heavy atom. The molecule has 0 unspecified atom stereocenters. The lowest BCUT2D eigenvalue weighted by Gasteiger charge is -2.04. The molecule has 1 aromatic heterocycles. The van der Waals surface area contributed by atoms with E-state index in [-0.39, 0.29) is 24.0 Å². The minimum absolute atomic E-state index is 0. The maximum Gasteiger partial charge on any atom is 0.188 e. The number of nitrogens with two attached hydrogens (primary N) is 1. The summed E-state index contributed by atoms with van der Waals surface area (Å²) in [7, 11) is 0. The number of fused-ring (bicyclic) bond motifs is 1. The molecule has 0 aliphatic heterocycles. The zero-order chi connectivity index (χ0) is 13.7. The van der Waals surface area contributed by atoms with Crippen molar-refractivity contribution in [2.75, 3.05) is 13.1 Å². The Kier molecular flexibility index (Phi) is 6.57. The number of benzene rings is 1. The largest absolute Gasteiger partial charge is 0.370 e. The van der Waals surface area contributed by atoms with Crippen LogP contribution in [-0.4, -0.2) is 24.0 Å². The van der Waals surface area contributed by atoms with E-state index in [9.17, 15) is 0 Å². The maximum absolute atomic E-state index is 5.75. The third kappa shape index (κ3) is 4.88. The number of para-hydroxylation sites is 1. The molecular formula is C15H21IN4. The Labute approximate surface area is 136 Å². The Hall–Kier alpha value is -1.50. The van der Waals surface area contributed by atoms with Crippen molar-refractivity contribution in [3.8, 4) is 0 Å². The van der Waals surface area contributed by atoms with Gasteiger partial charge in [0.2, 0.25) is 0 Å². The van der Waals surface area contributed by atoms with E-state index >= 15 is 0 Å². The van der Waals surface area contributed by atoms with Crippen molar-refractivity contribution in [3.05, 3.63) is 48.2 Å². The number of nitrogens with zero attached hydrogens (tertiary/aromatic N) is 1. The topological polar surface area (TPSA) is 66.2 Å². The lowest BCUT2D eigenvalue weighted by Crippen LogP contribution is -2.33. The number of rotatable bonds is 5. The molecule has 20 heavy (non-hydrogen) atoms. The van der Waals surface area contributed by atoms with Crippen LogP contribution in [0.2, 0.25) is 0 Å². The van der Waals surface area contributed by atoms with Crippen molar-refractivity contribution in [3.63, 3.8) is 0 Å². The van der Waals surface area contributed by atoms with Crippen LogP contribution in [0.4, 0.5) is 0 Å². The Bertz CT molecular complexity index is 568. The fraction of sp³-hybridized carbons (Fsp3) is 0.267. The van der Waals surface area contributed by atoms with Crippen LogP contribution in [-0.2, 0) is 6.42 Å². The van der Waals surface area contributed by atoms with Crippen molar-refractivity contribution in [2.45, 2.75) is 13.3 Å². The van der Waals surface area contributed by atoms with Crippen molar-refractivity contribution >= 4 is 40.8 Å². The van der Waals surface area contributed by atoms with Gasteiger partial charge >= 0.3 is 0 Å². The summed E-state index contributed by atoms with van der Waals surface area (Å²) in [6.45, 7) is 7.05. The fourth-order valence-corrected chi connectivity index (χ4v) is 1.87. The molecule has 1 heterocycles. The van der Waals surface area contributed by atoms with Crippen molar-refractivity contribution in [2.24, 2.45) is 10.7 Å². The minimum Gasteiger partial charge on any atom is -0.370 e. The first-order valence-corrected chi connectivity index (χ1v) is 6.40. The summed E-state index contributed by atoms with van der Waals surface area (Å²) >= 11 is 0. The van der Waals surface area contributed by atoms with Crippen LogP contribution in [0.1, 0.15) is 12.6 Å². The summed E-state index contributed by atoms with van der Waals surface area (Å²) in [5.74, 6) is 0.471. The van der Waals surface area contributed by atoms with E-state index in [0.29, 0.717) is 12.5 Å². The highest BCUT2D eigenvalue weighted by atomic mass is 127. The summed E-state index contributed by atoms with van der Waals surface area (Å²) in [4.78, 5) is 7.56.